The fraction of sp³-hybridized carbons (Fsp3) is 0.200. The zero-order valence-corrected chi connectivity index (χ0v) is 8.04. The van der Waals surface area contributed by atoms with Crippen molar-refractivity contribution in [2.24, 2.45) is 0 Å². The van der Waals surface area contributed by atoms with Gasteiger partial charge in [-0.1, -0.05) is 12.7 Å². The van der Waals surface area contributed by atoms with Crippen molar-refractivity contribution in [3.8, 4) is 0 Å². The lowest BCUT2D eigenvalue weighted by Crippen LogP contribution is -1.74. The van der Waals surface area contributed by atoms with Crippen LogP contribution in [0.3, 0.4) is 0 Å². The molecule has 0 atom stereocenters. The third-order valence-electron chi connectivity index (χ3n) is 1.59. The van der Waals surface area contributed by atoms with Crippen LogP contribution < -0.4 is 0 Å². The molecule has 64 valence electrons. The lowest BCUT2D eigenvalue weighted by molar-refractivity contribution is 0.648. The molecule has 0 unspecified atom stereocenters. The average molecular weight is 182 g/mol. The smallest absolute Gasteiger partial charge is 0.0982 e. The van der Waals surface area contributed by atoms with Gasteiger partial charge in [-0.15, -0.1) is 11.3 Å². The Morgan fingerprint density at radius 1 is 1.67 bits per heavy atom. The minimum atomic E-state index is -0.167. The molecule has 2 heteroatoms. The molecular formula is C10H11FS. The summed E-state index contributed by atoms with van der Waals surface area (Å²) in [5, 5.41) is 2.01. The zero-order valence-electron chi connectivity index (χ0n) is 7.23. The Morgan fingerprint density at radius 2 is 2.33 bits per heavy atom. The average Bonchev–Trinajstić information content (AvgIpc) is 2.30. The van der Waals surface area contributed by atoms with Crippen molar-refractivity contribution in [1.82, 2.24) is 0 Å². The maximum atomic E-state index is 12.5. The van der Waals surface area contributed by atoms with Gasteiger partial charge >= 0.3 is 0 Å². The van der Waals surface area contributed by atoms with Crippen molar-refractivity contribution in [3.63, 3.8) is 0 Å². The predicted octanol–water partition coefficient (Wildman–Crippen LogP) is 4.03. The van der Waals surface area contributed by atoms with Crippen molar-refractivity contribution in [1.29, 1.82) is 0 Å². The Kier molecular flexibility index (Phi) is 2.82. The third kappa shape index (κ3) is 1.83. The normalized spacial score (nSPS) is 11.8. The number of allylic oxidation sites excluding steroid dienone is 1. The van der Waals surface area contributed by atoms with Gasteiger partial charge in [0.1, 0.15) is 0 Å². The van der Waals surface area contributed by atoms with Crippen molar-refractivity contribution in [2.75, 3.05) is 0 Å². The highest BCUT2D eigenvalue weighted by molar-refractivity contribution is 7.11. The highest BCUT2D eigenvalue weighted by Crippen LogP contribution is 2.25. The van der Waals surface area contributed by atoms with Crippen LogP contribution in [0.2, 0.25) is 0 Å². The Bertz CT molecular complexity index is 317. The molecule has 1 aromatic rings. The molecular weight excluding hydrogens is 171 g/mol. The number of hydrogen-bond acceptors (Lipinski definition) is 1. The number of rotatable bonds is 2. The second kappa shape index (κ2) is 3.68. The van der Waals surface area contributed by atoms with Crippen LogP contribution in [0.25, 0.3) is 12.2 Å². The van der Waals surface area contributed by atoms with Gasteiger partial charge in [-0.05, 0) is 36.4 Å². The summed E-state index contributed by atoms with van der Waals surface area (Å²) >= 11 is 1.54. The Balaban J connectivity index is 3.16. The van der Waals surface area contributed by atoms with E-state index in [1.807, 2.05) is 12.3 Å². The maximum absolute atomic E-state index is 12.5. The quantitative estimate of drug-likeness (QED) is 0.647. The van der Waals surface area contributed by atoms with E-state index in [9.17, 15) is 4.39 Å². The van der Waals surface area contributed by atoms with Gasteiger partial charge in [0.15, 0.2) is 0 Å². The van der Waals surface area contributed by atoms with Gasteiger partial charge in [-0.2, -0.15) is 0 Å². The Hall–Kier alpha value is -0.890. The lowest BCUT2D eigenvalue weighted by Gasteiger charge is -1.92. The van der Waals surface area contributed by atoms with Crippen LogP contribution in [-0.4, -0.2) is 0 Å². The lowest BCUT2D eigenvalue weighted by atomic mass is 10.1. The van der Waals surface area contributed by atoms with E-state index < -0.39 is 0 Å². The summed E-state index contributed by atoms with van der Waals surface area (Å²) in [5.74, 6) is -0.167. The van der Waals surface area contributed by atoms with E-state index in [1.54, 1.807) is 17.4 Å². The van der Waals surface area contributed by atoms with E-state index in [1.165, 1.54) is 13.0 Å². The molecule has 0 fully saturated rings. The molecule has 0 aromatic carbocycles. The molecule has 0 aliphatic carbocycles. The molecule has 0 aliphatic rings. The number of aryl methyl sites for hydroxylation is 1. The van der Waals surface area contributed by atoms with Crippen molar-refractivity contribution in [3.05, 3.63) is 33.8 Å². The zero-order chi connectivity index (χ0) is 9.14. The first kappa shape index (κ1) is 9.20. The monoisotopic (exact) mass is 182 g/mol. The summed E-state index contributed by atoms with van der Waals surface area (Å²) in [4.78, 5) is 0.947. The molecule has 12 heavy (non-hydrogen) atoms. The van der Waals surface area contributed by atoms with Gasteiger partial charge in [0.25, 0.3) is 0 Å². The van der Waals surface area contributed by atoms with Crippen LogP contribution in [-0.2, 0) is 0 Å². The van der Waals surface area contributed by atoms with Gasteiger partial charge in [0, 0.05) is 4.88 Å². The standard InChI is InChI=1S/C10H11FS/c1-4-9-7(2)6-12-10(9)5-8(3)11/h4-6H,1H2,2-3H3/b8-5+. The fourth-order valence-corrected chi connectivity index (χ4v) is 2.06. The van der Waals surface area contributed by atoms with E-state index in [4.69, 9.17) is 0 Å². The van der Waals surface area contributed by atoms with E-state index in [0.29, 0.717) is 0 Å². The second-order valence-corrected chi connectivity index (χ2v) is 3.54. The summed E-state index contributed by atoms with van der Waals surface area (Å²) < 4.78 is 12.5. The molecule has 0 saturated heterocycles. The molecule has 0 radical (unpaired) electrons. The van der Waals surface area contributed by atoms with E-state index in [2.05, 4.69) is 6.58 Å². The molecule has 0 spiro atoms. The largest absolute Gasteiger partial charge is 0.212 e. The SMILES string of the molecule is C=Cc1c(C)csc1/C=C(\C)F. The molecule has 0 N–H and O–H groups in total. The molecule has 0 bridgehead atoms. The van der Waals surface area contributed by atoms with Crippen LogP contribution in [0.4, 0.5) is 4.39 Å². The van der Waals surface area contributed by atoms with Gasteiger partial charge in [0.2, 0.25) is 0 Å². The van der Waals surface area contributed by atoms with Crippen molar-refractivity contribution >= 4 is 23.5 Å². The maximum Gasteiger partial charge on any atom is 0.0982 e. The molecule has 0 nitrogen and oxygen atoms in total. The summed E-state index contributed by atoms with van der Waals surface area (Å²) in [5.41, 5.74) is 2.19. The van der Waals surface area contributed by atoms with Crippen LogP contribution in [0.5, 0.6) is 0 Å². The van der Waals surface area contributed by atoms with Crippen LogP contribution >= 0.6 is 11.3 Å². The van der Waals surface area contributed by atoms with E-state index >= 15 is 0 Å². The molecule has 0 aliphatic heterocycles. The van der Waals surface area contributed by atoms with Crippen LogP contribution in [0.1, 0.15) is 22.9 Å². The van der Waals surface area contributed by atoms with Crippen LogP contribution in [0.15, 0.2) is 17.8 Å². The summed E-state index contributed by atoms with van der Waals surface area (Å²) in [6.07, 6.45) is 3.30. The summed E-state index contributed by atoms with van der Waals surface area (Å²) in [6.45, 7) is 7.13. The highest BCUT2D eigenvalue weighted by Gasteiger charge is 2.02. The third-order valence-corrected chi connectivity index (χ3v) is 2.65. The molecule has 0 amide bonds. The molecule has 0 saturated carbocycles. The fourth-order valence-electron chi connectivity index (χ4n) is 1.03. The van der Waals surface area contributed by atoms with Crippen molar-refractivity contribution in [2.45, 2.75) is 13.8 Å². The first-order chi connectivity index (χ1) is 5.65. The minimum Gasteiger partial charge on any atom is -0.212 e. The number of halogens is 1. The molecule has 1 aromatic heterocycles. The van der Waals surface area contributed by atoms with E-state index in [-0.39, 0.29) is 5.83 Å². The Morgan fingerprint density at radius 3 is 2.83 bits per heavy atom. The van der Waals surface area contributed by atoms with Gasteiger partial charge in [0.05, 0.1) is 5.83 Å². The predicted molar refractivity (Wildman–Crippen MR) is 53.9 cm³/mol. The van der Waals surface area contributed by atoms with Gasteiger partial charge in [-0.3, -0.25) is 0 Å². The summed E-state index contributed by atoms with van der Waals surface area (Å²) in [6, 6.07) is 0. The summed E-state index contributed by atoms with van der Waals surface area (Å²) in [7, 11) is 0. The van der Waals surface area contributed by atoms with E-state index in [0.717, 1.165) is 16.0 Å². The Labute approximate surface area is 76.0 Å². The van der Waals surface area contributed by atoms with Gasteiger partial charge < -0.3 is 0 Å². The first-order valence-electron chi connectivity index (χ1n) is 3.69. The van der Waals surface area contributed by atoms with Crippen LogP contribution in [0, 0.1) is 6.92 Å². The topological polar surface area (TPSA) is 0 Å². The highest BCUT2D eigenvalue weighted by atomic mass is 32.1. The number of thiophene rings is 1. The van der Waals surface area contributed by atoms with Crippen molar-refractivity contribution < 1.29 is 4.39 Å². The molecule has 1 rings (SSSR count). The second-order valence-electron chi connectivity index (χ2n) is 2.63. The first-order valence-corrected chi connectivity index (χ1v) is 4.57. The minimum absolute atomic E-state index is 0.167. The number of hydrogen-bond donors (Lipinski definition) is 0. The molecule has 1 heterocycles. The van der Waals surface area contributed by atoms with Gasteiger partial charge in [-0.25, -0.2) is 4.39 Å².